The molecule has 3 N–H and O–H groups in total. The molecule has 0 bridgehead atoms. The normalized spacial score (nSPS) is 11.8. The SMILES string of the molecule is CC(=O)N(C)c1ccccc1NC(=O)C(C)CN. The fourth-order valence-electron chi connectivity index (χ4n) is 1.40. The van der Waals surface area contributed by atoms with Gasteiger partial charge in [-0.2, -0.15) is 0 Å². The number of amides is 2. The zero-order chi connectivity index (χ0) is 13.7. The first-order valence-corrected chi connectivity index (χ1v) is 5.81. The first-order chi connectivity index (χ1) is 8.47. The number of rotatable bonds is 4. The molecule has 18 heavy (non-hydrogen) atoms. The molecule has 0 saturated carbocycles. The number of carbonyl (C=O) groups excluding carboxylic acids is 2. The zero-order valence-corrected chi connectivity index (χ0v) is 10.9. The number of hydrogen-bond donors (Lipinski definition) is 2. The Morgan fingerprint density at radius 3 is 2.56 bits per heavy atom. The lowest BCUT2D eigenvalue weighted by molar-refractivity contribution is -0.119. The fraction of sp³-hybridized carbons (Fsp3) is 0.385. The minimum absolute atomic E-state index is 0.0939. The molecule has 0 radical (unpaired) electrons. The predicted molar refractivity (Wildman–Crippen MR) is 72.4 cm³/mol. The van der Waals surface area contributed by atoms with E-state index in [1.165, 1.54) is 11.8 Å². The zero-order valence-electron chi connectivity index (χ0n) is 10.9. The van der Waals surface area contributed by atoms with Gasteiger partial charge in [0, 0.05) is 26.4 Å². The lowest BCUT2D eigenvalue weighted by Crippen LogP contribution is -2.29. The summed E-state index contributed by atoms with van der Waals surface area (Å²) in [5, 5.41) is 2.78. The van der Waals surface area contributed by atoms with E-state index < -0.39 is 0 Å². The highest BCUT2D eigenvalue weighted by molar-refractivity contribution is 6.00. The molecule has 1 aromatic carbocycles. The van der Waals surface area contributed by atoms with Crippen LogP contribution in [0.5, 0.6) is 0 Å². The van der Waals surface area contributed by atoms with E-state index in [9.17, 15) is 9.59 Å². The Bertz CT molecular complexity index is 446. The van der Waals surface area contributed by atoms with Gasteiger partial charge in [-0.15, -0.1) is 0 Å². The lowest BCUT2D eigenvalue weighted by Gasteiger charge is -2.20. The number of para-hydroxylation sites is 2. The van der Waals surface area contributed by atoms with E-state index in [0.29, 0.717) is 11.4 Å². The van der Waals surface area contributed by atoms with Crippen LogP contribution in [-0.2, 0) is 9.59 Å². The van der Waals surface area contributed by atoms with Crippen LogP contribution in [0, 0.1) is 5.92 Å². The summed E-state index contributed by atoms with van der Waals surface area (Å²) in [7, 11) is 1.67. The van der Waals surface area contributed by atoms with Crippen molar-refractivity contribution in [1.82, 2.24) is 0 Å². The van der Waals surface area contributed by atoms with Crippen LogP contribution < -0.4 is 16.0 Å². The van der Waals surface area contributed by atoms with Gasteiger partial charge in [0.1, 0.15) is 0 Å². The van der Waals surface area contributed by atoms with Crippen LogP contribution in [0.4, 0.5) is 11.4 Å². The molecule has 5 nitrogen and oxygen atoms in total. The molecule has 98 valence electrons. The number of anilines is 2. The van der Waals surface area contributed by atoms with Crippen molar-refractivity contribution in [2.45, 2.75) is 13.8 Å². The monoisotopic (exact) mass is 249 g/mol. The maximum absolute atomic E-state index is 11.8. The van der Waals surface area contributed by atoms with Crippen molar-refractivity contribution in [3.05, 3.63) is 24.3 Å². The van der Waals surface area contributed by atoms with Crippen molar-refractivity contribution < 1.29 is 9.59 Å². The van der Waals surface area contributed by atoms with Crippen LogP contribution in [0.3, 0.4) is 0 Å². The van der Waals surface area contributed by atoms with Gasteiger partial charge >= 0.3 is 0 Å². The van der Waals surface area contributed by atoms with Crippen molar-refractivity contribution in [2.24, 2.45) is 11.7 Å². The largest absolute Gasteiger partial charge is 0.330 e. The molecule has 0 saturated heterocycles. The van der Waals surface area contributed by atoms with Crippen LogP contribution in [0.1, 0.15) is 13.8 Å². The van der Waals surface area contributed by atoms with Gasteiger partial charge in [0.2, 0.25) is 11.8 Å². The highest BCUT2D eigenvalue weighted by Gasteiger charge is 2.15. The molecule has 0 heterocycles. The molecule has 0 aliphatic heterocycles. The van der Waals surface area contributed by atoms with E-state index in [-0.39, 0.29) is 24.3 Å². The second-order valence-corrected chi connectivity index (χ2v) is 4.22. The summed E-state index contributed by atoms with van der Waals surface area (Å²) < 4.78 is 0. The van der Waals surface area contributed by atoms with E-state index in [0.717, 1.165) is 0 Å². The number of nitrogens with zero attached hydrogens (tertiary/aromatic N) is 1. The number of hydrogen-bond acceptors (Lipinski definition) is 3. The molecular weight excluding hydrogens is 230 g/mol. The number of carbonyl (C=O) groups is 2. The summed E-state index contributed by atoms with van der Waals surface area (Å²) in [5.41, 5.74) is 6.73. The van der Waals surface area contributed by atoms with E-state index in [2.05, 4.69) is 5.32 Å². The van der Waals surface area contributed by atoms with E-state index in [1.54, 1.807) is 32.2 Å². The smallest absolute Gasteiger partial charge is 0.228 e. The van der Waals surface area contributed by atoms with Crippen LogP contribution in [0.15, 0.2) is 24.3 Å². The highest BCUT2D eigenvalue weighted by Crippen LogP contribution is 2.25. The molecule has 1 aromatic rings. The summed E-state index contributed by atoms with van der Waals surface area (Å²) in [6.45, 7) is 3.52. The predicted octanol–water partition coefficient (Wildman–Crippen LogP) is 1.20. The maximum atomic E-state index is 11.8. The molecule has 0 aliphatic rings. The van der Waals surface area contributed by atoms with Crippen LogP contribution in [0.2, 0.25) is 0 Å². The third-order valence-electron chi connectivity index (χ3n) is 2.80. The Balaban J connectivity index is 2.96. The number of nitrogens with two attached hydrogens (primary N) is 1. The second kappa shape index (κ2) is 6.16. The summed E-state index contributed by atoms with van der Waals surface area (Å²) in [4.78, 5) is 24.6. The van der Waals surface area contributed by atoms with Gasteiger partial charge in [-0.3, -0.25) is 9.59 Å². The van der Waals surface area contributed by atoms with Crippen LogP contribution >= 0.6 is 0 Å². The maximum Gasteiger partial charge on any atom is 0.228 e. The summed E-state index contributed by atoms with van der Waals surface area (Å²) in [5.74, 6) is -0.508. The van der Waals surface area contributed by atoms with Gasteiger partial charge in [0.15, 0.2) is 0 Å². The molecule has 0 aromatic heterocycles. The number of benzene rings is 1. The van der Waals surface area contributed by atoms with Crippen molar-refractivity contribution >= 4 is 23.2 Å². The Morgan fingerprint density at radius 2 is 2.00 bits per heavy atom. The molecule has 1 rings (SSSR count). The molecule has 1 atom stereocenters. The van der Waals surface area contributed by atoms with Crippen molar-refractivity contribution in [1.29, 1.82) is 0 Å². The summed E-state index contributed by atoms with van der Waals surface area (Å²) in [6.07, 6.45) is 0. The molecule has 0 fully saturated rings. The molecule has 0 spiro atoms. The Kier molecular flexibility index (Phi) is 4.85. The quantitative estimate of drug-likeness (QED) is 0.842. The van der Waals surface area contributed by atoms with Gasteiger partial charge < -0.3 is 16.0 Å². The Morgan fingerprint density at radius 1 is 1.39 bits per heavy atom. The molecule has 0 aliphatic carbocycles. The van der Waals surface area contributed by atoms with Crippen molar-refractivity contribution in [2.75, 3.05) is 23.8 Å². The number of nitrogens with one attached hydrogen (secondary N) is 1. The van der Waals surface area contributed by atoms with E-state index in [4.69, 9.17) is 5.73 Å². The third-order valence-corrected chi connectivity index (χ3v) is 2.80. The van der Waals surface area contributed by atoms with Gasteiger partial charge in [-0.1, -0.05) is 19.1 Å². The first kappa shape index (κ1) is 14.2. The topological polar surface area (TPSA) is 75.4 Å². The van der Waals surface area contributed by atoms with Crippen LogP contribution in [-0.4, -0.2) is 25.4 Å². The standard InChI is InChI=1S/C13H19N3O2/c1-9(8-14)13(18)15-11-6-4-5-7-12(11)16(3)10(2)17/h4-7,9H,8,14H2,1-3H3,(H,15,18). The van der Waals surface area contributed by atoms with E-state index >= 15 is 0 Å². The Labute approximate surface area is 107 Å². The summed E-state index contributed by atoms with van der Waals surface area (Å²) >= 11 is 0. The molecule has 5 heteroatoms. The fourth-order valence-corrected chi connectivity index (χ4v) is 1.40. The first-order valence-electron chi connectivity index (χ1n) is 5.81. The molecule has 2 amide bonds. The van der Waals surface area contributed by atoms with Gasteiger partial charge in [0.05, 0.1) is 11.4 Å². The molecule has 1 unspecified atom stereocenters. The second-order valence-electron chi connectivity index (χ2n) is 4.22. The third kappa shape index (κ3) is 3.30. The summed E-state index contributed by atoms with van der Waals surface area (Å²) in [6, 6.07) is 7.16. The highest BCUT2D eigenvalue weighted by atomic mass is 16.2. The average Bonchev–Trinajstić information content (AvgIpc) is 2.37. The van der Waals surface area contributed by atoms with Gasteiger partial charge in [-0.25, -0.2) is 0 Å². The average molecular weight is 249 g/mol. The molecular formula is C13H19N3O2. The minimum atomic E-state index is -0.263. The lowest BCUT2D eigenvalue weighted by atomic mass is 10.1. The van der Waals surface area contributed by atoms with Crippen molar-refractivity contribution in [3.63, 3.8) is 0 Å². The van der Waals surface area contributed by atoms with Crippen LogP contribution in [0.25, 0.3) is 0 Å². The van der Waals surface area contributed by atoms with Gasteiger partial charge in [0.25, 0.3) is 0 Å². The Hall–Kier alpha value is -1.88. The van der Waals surface area contributed by atoms with Crippen molar-refractivity contribution in [3.8, 4) is 0 Å². The van der Waals surface area contributed by atoms with Gasteiger partial charge in [-0.05, 0) is 12.1 Å². The minimum Gasteiger partial charge on any atom is -0.330 e. The van der Waals surface area contributed by atoms with E-state index in [1.807, 2.05) is 6.07 Å².